The van der Waals surface area contributed by atoms with Gasteiger partial charge in [0, 0.05) is 18.4 Å². The normalized spacial score (nSPS) is 35.8. The molecule has 1 saturated heterocycles. The first-order chi connectivity index (χ1) is 7.58. The van der Waals surface area contributed by atoms with E-state index in [9.17, 15) is 4.79 Å². The van der Waals surface area contributed by atoms with Crippen LogP contribution in [0.25, 0.3) is 0 Å². The Kier molecular flexibility index (Phi) is 3.68. The van der Waals surface area contributed by atoms with Gasteiger partial charge in [-0.2, -0.15) is 0 Å². The van der Waals surface area contributed by atoms with Crippen molar-refractivity contribution in [1.29, 1.82) is 0 Å². The van der Waals surface area contributed by atoms with E-state index in [2.05, 4.69) is 19.2 Å². The lowest BCUT2D eigenvalue weighted by atomic mass is 9.69. The number of rotatable bonds is 1. The maximum absolute atomic E-state index is 12.1. The Morgan fingerprint density at radius 2 is 2.06 bits per heavy atom. The summed E-state index contributed by atoms with van der Waals surface area (Å²) in [5.41, 5.74) is 0.368. The summed E-state index contributed by atoms with van der Waals surface area (Å²) < 4.78 is 0. The van der Waals surface area contributed by atoms with Gasteiger partial charge in [0.2, 0.25) is 0 Å². The molecule has 0 aromatic heterocycles. The molecule has 2 fully saturated rings. The van der Waals surface area contributed by atoms with Crippen molar-refractivity contribution in [3.05, 3.63) is 0 Å². The van der Waals surface area contributed by atoms with Crippen LogP contribution >= 0.6 is 0 Å². The van der Waals surface area contributed by atoms with Crippen LogP contribution in [0.3, 0.4) is 0 Å². The molecule has 0 aromatic rings. The Labute approximate surface area is 99.2 Å². The van der Waals surface area contributed by atoms with Gasteiger partial charge in [-0.1, -0.05) is 26.7 Å². The Balaban J connectivity index is 2.02. The highest BCUT2D eigenvalue weighted by Gasteiger charge is 2.37. The van der Waals surface area contributed by atoms with Crippen LogP contribution in [0, 0.1) is 11.3 Å². The molecule has 1 N–H and O–H groups in total. The predicted octanol–water partition coefficient (Wildman–Crippen LogP) is 2.91. The summed E-state index contributed by atoms with van der Waals surface area (Å²) in [4.78, 5) is 12.1. The zero-order valence-corrected chi connectivity index (χ0v) is 10.7. The molecule has 2 atom stereocenters. The molecule has 2 nitrogen and oxygen atoms in total. The highest BCUT2D eigenvalue weighted by atomic mass is 16.1. The van der Waals surface area contributed by atoms with Crippen molar-refractivity contribution in [1.82, 2.24) is 5.32 Å². The quantitative estimate of drug-likeness (QED) is 0.740. The van der Waals surface area contributed by atoms with Crippen LogP contribution in [0.4, 0.5) is 0 Å². The Morgan fingerprint density at radius 1 is 1.25 bits per heavy atom. The molecule has 0 amide bonds. The third-order valence-corrected chi connectivity index (χ3v) is 4.32. The lowest BCUT2D eigenvalue weighted by Crippen LogP contribution is -2.44. The zero-order valence-electron chi connectivity index (χ0n) is 10.7. The lowest BCUT2D eigenvalue weighted by Gasteiger charge is -2.38. The van der Waals surface area contributed by atoms with Gasteiger partial charge in [-0.15, -0.1) is 0 Å². The van der Waals surface area contributed by atoms with Gasteiger partial charge in [0.25, 0.3) is 0 Å². The Bertz CT molecular complexity index is 251. The van der Waals surface area contributed by atoms with Crippen molar-refractivity contribution >= 4 is 5.78 Å². The summed E-state index contributed by atoms with van der Waals surface area (Å²) >= 11 is 0. The SMILES string of the molecule is CC1(C)CCC(=O)C(C2CCCCCN2)C1. The Morgan fingerprint density at radius 3 is 2.88 bits per heavy atom. The minimum Gasteiger partial charge on any atom is -0.313 e. The number of nitrogens with one attached hydrogen (secondary N) is 1. The number of Topliss-reactive ketones (excluding diaryl/α,β-unsaturated/α-hetero) is 1. The Hall–Kier alpha value is -0.370. The van der Waals surface area contributed by atoms with E-state index in [0.29, 0.717) is 23.2 Å². The number of carbonyl (C=O) groups excluding carboxylic acids is 1. The van der Waals surface area contributed by atoms with Gasteiger partial charge in [-0.05, 0) is 37.6 Å². The van der Waals surface area contributed by atoms with Crippen molar-refractivity contribution < 1.29 is 4.79 Å². The summed E-state index contributed by atoms with van der Waals surface area (Å²) in [7, 11) is 0. The van der Waals surface area contributed by atoms with Gasteiger partial charge in [-0.3, -0.25) is 4.79 Å². The van der Waals surface area contributed by atoms with Crippen LogP contribution in [-0.2, 0) is 4.79 Å². The van der Waals surface area contributed by atoms with Crippen LogP contribution in [0.2, 0.25) is 0 Å². The number of carbonyl (C=O) groups is 1. The van der Waals surface area contributed by atoms with E-state index in [1.165, 1.54) is 25.7 Å². The molecule has 1 aliphatic carbocycles. The second-order valence-corrected chi connectivity index (χ2v) is 6.35. The van der Waals surface area contributed by atoms with Gasteiger partial charge in [0.05, 0.1) is 0 Å². The molecule has 2 heteroatoms. The lowest BCUT2D eigenvalue weighted by molar-refractivity contribution is -0.128. The molecule has 0 bridgehead atoms. The monoisotopic (exact) mass is 223 g/mol. The average Bonchev–Trinajstić information content (AvgIpc) is 2.50. The minimum absolute atomic E-state index is 0.293. The fraction of sp³-hybridized carbons (Fsp3) is 0.929. The molecular formula is C14H25NO. The maximum atomic E-state index is 12.1. The van der Waals surface area contributed by atoms with E-state index in [1.807, 2.05) is 0 Å². The molecule has 16 heavy (non-hydrogen) atoms. The average molecular weight is 223 g/mol. The van der Waals surface area contributed by atoms with Gasteiger partial charge in [0.15, 0.2) is 0 Å². The summed E-state index contributed by atoms with van der Waals surface area (Å²) in [6.07, 6.45) is 8.07. The molecule has 1 heterocycles. The van der Waals surface area contributed by atoms with E-state index in [0.717, 1.165) is 25.8 Å². The predicted molar refractivity (Wildman–Crippen MR) is 66.4 cm³/mol. The van der Waals surface area contributed by atoms with Crippen LogP contribution in [-0.4, -0.2) is 18.4 Å². The number of hydrogen-bond donors (Lipinski definition) is 1. The fourth-order valence-electron chi connectivity index (χ4n) is 3.22. The first-order valence-corrected chi connectivity index (χ1v) is 6.85. The fourth-order valence-corrected chi connectivity index (χ4v) is 3.22. The molecule has 0 aromatic carbocycles. The number of hydrogen-bond acceptors (Lipinski definition) is 2. The van der Waals surface area contributed by atoms with E-state index in [4.69, 9.17) is 0 Å². The highest BCUT2D eigenvalue weighted by molar-refractivity contribution is 5.82. The van der Waals surface area contributed by atoms with Crippen molar-refractivity contribution in [2.45, 2.75) is 64.8 Å². The van der Waals surface area contributed by atoms with Crippen molar-refractivity contribution in [2.24, 2.45) is 11.3 Å². The maximum Gasteiger partial charge on any atom is 0.137 e. The van der Waals surface area contributed by atoms with E-state index in [1.54, 1.807) is 0 Å². The molecule has 2 unspecified atom stereocenters. The van der Waals surface area contributed by atoms with Crippen LogP contribution < -0.4 is 5.32 Å². The van der Waals surface area contributed by atoms with E-state index < -0.39 is 0 Å². The zero-order chi connectivity index (χ0) is 11.6. The van der Waals surface area contributed by atoms with Crippen LogP contribution in [0.15, 0.2) is 0 Å². The molecule has 2 rings (SSSR count). The molecule has 1 saturated carbocycles. The highest BCUT2D eigenvalue weighted by Crippen LogP contribution is 2.39. The van der Waals surface area contributed by atoms with E-state index >= 15 is 0 Å². The summed E-state index contributed by atoms with van der Waals surface area (Å²) in [5, 5.41) is 3.60. The second-order valence-electron chi connectivity index (χ2n) is 6.35. The smallest absolute Gasteiger partial charge is 0.137 e. The summed E-state index contributed by atoms with van der Waals surface area (Å²) in [5.74, 6) is 0.806. The molecule has 92 valence electrons. The largest absolute Gasteiger partial charge is 0.313 e. The molecule has 0 radical (unpaired) electrons. The molecular weight excluding hydrogens is 198 g/mol. The molecule has 1 aliphatic heterocycles. The molecule has 0 spiro atoms. The van der Waals surface area contributed by atoms with Crippen LogP contribution in [0.5, 0.6) is 0 Å². The minimum atomic E-state index is 0.293. The van der Waals surface area contributed by atoms with Gasteiger partial charge in [-0.25, -0.2) is 0 Å². The van der Waals surface area contributed by atoms with Crippen molar-refractivity contribution in [3.63, 3.8) is 0 Å². The van der Waals surface area contributed by atoms with Gasteiger partial charge in [0.1, 0.15) is 5.78 Å². The van der Waals surface area contributed by atoms with E-state index in [-0.39, 0.29) is 0 Å². The van der Waals surface area contributed by atoms with Gasteiger partial charge < -0.3 is 5.32 Å². The third-order valence-electron chi connectivity index (χ3n) is 4.32. The van der Waals surface area contributed by atoms with Crippen molar-refractivity contribution in [3.8, 4) is 0 Å². The molecule has 2 aliphatic rings. The topological polar surface area (TPSA) is 29.1 Å². The second kappa shape index (κ2) is 4.87. The van der Waals surface area contributed by atoms with Crippen LogP contribution in [0.1, 0.15) is 58.8 Å². The van der Waals surface area contributed by atoms with Crippen molar-refractivity contribution in [2.75, 3.05) is 6.54 Å². The summed E-state index contributed by atoms with van der Waals surface area (Å²) in [6.45, 7) is 5.72. The first-order valence-electron chi connectivity index (χ1n) is 6.85. The van der Waals surface area contributed by atoms with Gasteiger partial charge >= 0.3 is 0 Å². The third kappa shape index (κ3) is 2.85. The summed E-state index contributed by atoms with van der Waals surface area (Å²) in [6, 6.07) is 0.467. The number of ketones is 1. The standard InChI is InChI=1S/C14H25NO/c1-14(2)8-7-13(16)11(10-14)12-6-4-3-5-9-15-12/h11-12,15H,3-10H2,1-2H3. The first kappa shape index (κ1) is 12.1.